The van der Waals surface area contributed by atoms with Gasteiger partial charge in [0.2, 0.25) is 0 Å². The summed E-state index contributed by atoms with van der Waals surface area (Å²) in [5.41, 5.74) is 2.69. The van der Waals surface area contributed by atoms with Gasteiger partial charge in [0.05, 0.1) is 6.54 Å². The summed E-state index contributed by atoms with van der Waals surface area (Å²) in [5, 5.41) is 5.63. The van der Waals surface area contributed by atoms with Crippen molar-refractivity contribution >= 4 is 29.0 Å². The topological polar surface area (TPSA) is 52.2 Å². The Labute approximate surface area is 136 Å². The van der Waals surface area contributed by atoms with Crippen LogP contribution in [0.5, 0.6) is 0 Å². The second kappa shape index (κ2) is 6.14. The molecular formula is C15H15ClN4OS. The van der Waals surface area contributed by atoms with Gasteiger partial charge in [0.25, 0.3) is 5.56 Å². The Balaban J connectivity index is 2.17. The quantitative estimate of drug-likeness (QED) is 0.544. The van der Waals surface area contributed by atoms with E-state index in [2.05, 4.69) is 14.6 Å². The number of halogens is 1. The van der Waals surface area contributed by atoms with E-state index in [0.717, 1.165) is 28.4 Å². The minimum Gasteiger partial charge on any atom is -0.325 e. The number of fused-ring (bicyclic) bond motifs is 1. The molecule has 3 rings (SSSR count). The minimum absolute atomic E-state index is 0.0994. The van der Waals surface area contributed by atoms with Gasteiger partial charge < -0.3 is 4.57 Å². The fourth-order valence-corrected chi connectivity index (χ4v) is 2.89. The van der Waals surface area contributed by atoms with Gasteiger partial charge in [0, 0.05) is 24.0 Å². The lowest BCUT2D eigenvalue weighted by Crippen LogP contribution is -2.21. The molecule has 0 amide bonds. The Morgan fingerprint density at radius 3 is 2.77 bits per heavy atom. The lowest BCUT2D eigenvalue weighted by atomic mass is 10.2. The van der Waals surface area contributed by atoms with E-state index in [9.17, 15) is 4.79 Å². The first kappa shape index (κ1) is 15.1. The van der Waals surface area contributed by atoms with Crippen molar-refractivity contribution < 1.29 is 0 Å². The summed E-state index contributed by atoms with van der Waals surface area (Å²) in [5.74, 6) is 0. The molecule has 0 unspecified atom stereocenters. The van der Waals surface area contributed by atoms with Crippen LogP contribution in [0.4, 0.5) is 0 Å². The van der Waals surface area contributed by atoms with Gasteiger partial charge in [-0.3, -0.25) is 4.79 Å². The average molecular weight is 335 g/mol. The predicted molar refractivity (Wildman–Crippen MR) is 89.0 cm³/mol. The number of rotatable bonds is 4. The summed E-state index contributed by atoms with van der Waals surface area (Å²) in [6, 6.07) is 7.29. The van der Waals surface area contributed by atoms with Crippen LogP contribution in [0.2, 0.25) is 5.15 Å². The SMILES string of the molecule is CCc1cc(=O)n2nc(SC)cc2n1Cc1ccc(Cl)nc1. The van der Waals surface area contributed by atoms with Crippen LogP contribution in [0.15, 0.2) is 40.3 Å². The highest BCUT2D eigenvalue weighted by molar-refractivity contribution is 7.98. The van der Waals surface area contributed by atoms with Gasteiger partial charge >= 0.3 is 0 Å². The summed E-state index contributed by atoms with van der Waals surface area (Å²) >= 11 is 7.35. The van der Waals surface area contributed by atoms with E-state index in [4.69, 9.17) is 11.6 Å². The number of hydrogen-bond acceptors (Lipinski definition) is 4. The highest BCUT2D eigenvalue weighted by Crippen LogP contribution is 2.17. The Morgan fingerprint density at radius 1 is 1.32 bits per heavy atom. The standard InChI is InChI=1S/C15H15ClN4OS/c1-3-11-6-15(21)20-14(7-13(18-20)22-2)19(11)9-10-4-5-12(16)17-8-10/h4-8H,3,9H2,1-2H3. The van der Waals surface area contributed by atoms with Crippen LogP contribution in [0, 0.1) is 0 Å². The molecule has 0 atom stereocenters. The Hall–Kier alpha value is -1.79. The zero-order valence-electron chi connectivity index (χ0n) is 12.3. The van der Waals surface area contributed by atoms with E-state index in [-0.39, 0.29) is 5.56 Å². The van der Waals surface area contributed by atoms with Crippen LogP contribution in [-0.2, 0) is 13.0 Å². The second-order valence-corrected chi connectivity index (χ2v) is 6.07. The van der Waals surface area contributed by atoms with Gasteiger partial charge in [-0.15, -0.1) is 11.8 Å². The second-order valence-electron chi connectivity index (χ2n) is 4.86. The molecule has 0 saturated heterocycles. The number of hydrogen-bond donors (Lipinski definition) is 0. The molecule has 0 fully saturated rings. The molecule has 0 radical (unpaired) electrons. The van der Waals surface area contributed by atoms with E-state index in [1.54, 1.807) is 18.3 Å². The molecule has 0 bridgehead atoms. The summed E-state index contributed by atoms with van der Waals surface area (Å²) in [7, 11) is 0. The first-order valence-electron chi connectivity index (χ1n) is 6.89. The molecule has 5 nitrogen and oxygen atoms in total. The minimum atomic E-state index is -0.0994. The molecule has 3 aromatic heterocycles. The average Bonchev–Trinajstić information content (AvgIpc) is 2.97. The molecule has 7 heteroatoms. The van der Waals surface area contributed by atoms with Gasteiger partial charge in [0.1, 0.15) is 15.8 Å². The van der Waals surface area contributed by atoms with Crippen molar-refractivity contribution in [1.82, 2.24) is 19.2 Å². The van der Waals surface area contributed by atoms with Crippen molar-refractivity contribution in [3.8, 4) is 0 Å². The maximum Gasteiger partial charge on any atom is 0.274 e. The third-order valence-electron chi connectivity index (χ3n) is 3.49. The zero-order valence-corrected chi connectivity index (χ0v) is 13.9. The zero-order chi connectivity index (χ0) is 15.7. The van der Waals surface area contributed by atoms with Crippen LogP contribution < -0.4 is 5.56 Å². The first-order valence-corrected chi connectivity index (χ1v) is 8.49. The summed E-state index contributed by atoms with van der Waals surface area (Å²) in [6.07, 6.45) is 4.47. The summed E-state index contributed by atoms with van der Waals surface area (Å²) in [4.78, 5) is 16.3. The Bertz CT molecular complexity index is 870. The van der Waals surface area contributed by atoms with Gasteiger partial charge in [0.15, 0.2) is 0 Å². The lowest BCUT2D eigenvalue weighted by molar-refractivity contribution is 0.711. The molecular weight excluding hydrogens is 320 g/mol. The molecule has 0 aliphatic carbocycles. The van der Waals surface area contributed by atoms with Crippen LogP contribution >= 0.6 is 23.4 Å². The molecule has 3 aromatic rings. The van der Waals surface area contributed by atoms with Gasteiger partial charge in [-0.05, 0) is 24.3 Å². The van der Waals surface area contributed by atoms with Gasteiger partial charge in [-0.1, -0.05) is 24.6 Å². The van der Waals surface area contributed by atoms with Crippen molar-refractivity contribution in [2.75, 3.05) is 6.26 Å². The molecule has 0 N–H and O–H groups in total. The van der Waals surface area contributed by atoms with Gasteiger partial charge in [-0.25, -0.2) is 4.98 Å². The summed E-state index contributed by atoms with van der Waals surface area (Å²) in [6.45, 7) is 2.66. The van der Waals surface area contributed by atoms with Crippen molar-refractivity contribution in [3.63, 3.8) is 0 Å². The van der Waals surface area contributed by atoms with E-state index >= 15 is 0 Å². The summed E-state index contributed by atoms with van der Waals surface area (Å²) < 4.78 is 3.55. The fourth-order valence-electron chi connectivity index (χ4n) is 2.39. The van der Waals surface area contributed by atoms with Crippen LogP contribution in [0.1, 0.15) is 18.2 Å². The molecule has 0 aliphatic heterocycles. The molecule has 114 valence electrons. The highest BCUT2D eigenvalue weighted by atomic mass is 35.5. The third-order valence-corrected chi connectivity index (χ3v) is 4.33. The predicted octanol–water partition coefficient (Wildman–Crippen LogP) is 2.88. The third kappa shape index (κ3) is 2.76. The largest absolute Gasteiger partial charge is 0.325 e. The Kier molecular flexibility index (Phi) is 4.22. The van der Waals surface area contributed by atoms with Crippen molar-refractivity contribution in [2.45, 2.75) is 24.9 Å². The number of pyridine rings is 1. The number of aryl methyl sites for hydroxylation is 1. The number of thioether (sulfide) groups is 1. The molecule has 3 heterocycles. The van der Waals surface area contributed by atoms with Crippen LogP contribution in [0.3, 0.4) is 0 Å². The monoisotopic (exact) mass is 334 g/mol. The fraction of sp³-hybridized carbons (Fsp3) is 0.267. The molecule has 0 spiro atoms. The number of aromatic nitrogens is 4. The first-order chi connectivity index (χ1) is 10.6. The molecule has 0 saturated carbocycles. The normalized spacial score (nSPS) is 11.2. The van der Waals surface area contributed by atoms with E-state index in [1.807, 2.05) is 25.3 Å². The highest BCUT2D eigenvalue weighted by Gasteiger charge is 2.12. The van der Waals surface area contributed by atoms with Crippen molar-refractivity contribution in [2.24, 2.45) is 0 Å². The molecule has 0 aromatic carbocycles. The molecule has 22 heavy (non-hydrogen) atoms. The lowest BCUT2D eigenvalue weighted by Gasteiger charge is -2.14. The Morgan fingerprint density at radius 2 is 2.14 bits per heavy atom. The van der Waals surface area contributed by atoms with E-state index in [0.29, 0.717) is 11.7 Å². The molecule has 0 aliphatic rings. The van der Waals surface area contributed by atoms with E-state index < -0.39 is 0 Å². The maximum atomic E-state index is 12.2. The van der Waals surface area contributed by atoms with E-state index in [1.165, 1.54) is 16.3 Å². The van der Waals surface area contributed by atoms with Gasteiger partial charge in [-0.2, -0.15) is 9.61 Å². The van der Waals surface area contributed by atoms with Crippen molar-refractivity contribution in [3.05, 3.63) is 57.2 Å². The smallest absolute Gasteiger partial charge is 0.274 e. The van der Waals surface area contributed by atoms with Crippen molar-refractivity contribution in [1.29, 1.82) is 0 Å². The van der Waals surface area contributed by atoms with Crippen LogP contribution in [-0.4, -0.2) is 25.4 Å². The number of nitrogens with zero attached hydrogens (tertiary/aromatic N) is 4. The van der Waals surface area contributed by atoms with Crippen LogP contribution in [0.25, 0.3) is 5.65 Å². The maximum absolute atomic E-state index is 12.2.